The van der Waals surface area contributed by atoms with Gasteiger partial charge in [0, 0.05) is 14.3 Å². The van der Waals surface area contributed by atoms with Gasteiger partial charge in [-0.25, -0.2) is 4.39 Å². The van der Waals surface area contributed by atoms with Crippen LogP contribution in [0.3, 0.4) is 0 Å². The molecule has 0 amide bonds. The van der Waals surface area contributed by atoms with E-state index in [1.807, 2.05) is 6.07 Å². The molecular weight excluding hydrogens is 313 g/mol. The number of nitrogens with two attached hydrogens (primary N) is 1. The first-order chi connectivity index (χ1) is 8.69. The molecule has 4 heteroatoms. The minimum atomic E-state index is -0.212. The van der Waals surface area contributed by atoms with Gasteiger partial charge < -0.3 is 5.73 Å². The van der Waals surface area contributed by atoms with E-state index in [0.717, 1.165) is 20.7 Å². The Balaban J connectivity index is 2.26. The molecule has 94 valence electrons. The van der Waals surface area contributed by atoms with Gasteiger partial charge in [-0.2, -0.15) is 0 Å². The van der Waals surface area contributed by atoms with E-state index >= 15 is 0 Å². The molecule has 0 aliphatic carbocycles. The largest absolute Gasteiger partial charge is 0.330 e. The molecule has 0 unspecified atom stereocenters. The van der Waals surface area contributed by atoms with E-state index in [1.54, 1.807) is 23.9 Å². The molecule has 1 nitrogen and oxygen atoms in total. The average Bonchev–Trinajstić information content (AvgIpc) is 2.36. The van der Waals surface area contributed by atoms with E-state index in [1.165, 1.54) is 17.7 Å². The zero-order valence-corrected chi connectivity index (χ0v) is 12.1. The second kappa shape index (κ2) is 6.36. The van der Waals surface area contributed by atoms with Gasteiger partial charge in [-0.3, -0.25) is 0 Å². The van der Waals surface area contributed by atoms with Gasteiger partial charge in [0.25, 0.3) is 0 Å². The lowest BCUT2D eigenvalue weighted by atomic mass is 10.1. The SMILES string of the molecule is NCCc1ccc(Br)cc1Sc1ccc(F)cc1. The van der Waals surface area contributed by atoms with Crippen LogP contribution in [0.15, 0.2) is 56.7 Å². The summed E-state index contributed by atoms with van der Waals surface area (Å²) >= 11 is 5.09. The molecule has 0 spiro atoms. The Labute approximate surface area is 119 Å². The Bertz CT molecular complexity index is 528. The molecule has 0 heterocycles. The molecule has 0 aliphatic heterocycles. The summed E-state index contributed by atoms with van der Waals surface area (Å²) in [6.45, 7) is 0.624. The first kappa shape index (κ1) is 13.6. The fourth-order valence-electron chi connectivity index (χ4n) is 1.62. The van der Waals surface area contributed by atoms with Crippen LogP contribution in [-0.4, -0.2) is 6.54 Å². The molecule has 0 saturated carbocycles. The Morgan fingerprint density at radius 3 is 2.50 bits per heavy atom. The highest BCUT2D eigenvalue weighted by Gasteiger charge is 2.05. The minimum Gasteiger partial charge on any atom is -0.330 e. The van der Waals surface area contributed by atoms with Crippen LogP contribution >= 0.6 is 27.7 Å². The maximum atomic E-state index is 12.9. The maximum absolute atomic E-state index is 12.9. The van der Waals surface area contributed by atoms with Gasteiger partial charge in [-0.1, -0.05) is 33.8 Å². The topological polar surface area (TPSA) is 26.0 Å². The van der Waals surface area contributed by atoms with Crippen LogP contribution in [0, 0.1) is 5.82 Å². The smallest absolute Gasteiger partial charge is 0.123 e. The molecule has 0 aliphatic rings. The molecule has 18 heavy (non-hydrogen) atoms. The molecule has 2 aromatic rings. The van der Waals surface area contributed by atoms with Crippen molar-refractivity contribution in [3.05, 3.63) is 58.3 Å². The number of benzene rings is 2. The second-order valence-electron chi connectivity index (χ2n) is 3.85. The fraction of sp³-hybridized carbons (Fsp3) is 0.143. The van der Waals surface area contributed by atoms with Crippen molar-refractivity contribution < 1.29 is 4.39 Å². The monoisotopic (exact) mass is 325 g/mol. The van der Waals surface area contributed by atoms with E-state index in [2.05, 4.69) is 28.1 Å². The lowest BCUT2D eigenvalue weighted by Crippen LogP contribution is -2.03. The fourth-order valence-corrected chi connectivity index (χ4v) is 3.14. The van der Waals surface area contributed by atoms with E-state index in [0.29, 0.717) is 6.54 Å². The Morgan fingerprint density at radius 1 is 1.11 bits per heavy atom. The van der Waals surface area contributed by atoms with Crippen LogP contribution < -0.4 is 5.73 Å². The average molecular weight is 326 g/mol. The first-order valence-corrected chi connectivity index (χ1v) is 7.22. The van der Waals surface area contributed by atoms with Crippen LogP contribution in [0.4, 0.5) is 4.39 Å². The molecule has 0 atom stereocenters. The lowest BCUT2D eigenvalue weighted by Gasteiger charge is -2.09. The Kier molecular flexibility index (Phi) is 4.80. The lowest BCUT2D eigenvalue weighted by molar-refractivity contribution is 0.626. The molecule has 0 bridgehead atoms. The molecule has 2 aromatic carbocycles. The third-order valence-corrected chi connectivity index (χ3v) is 4.09. The van der Waals surface area contributed by atoms with Crippen LogP contribution in [0.5, 0.6) is 0 Å². The van der Waals surface area contributed by atoms with Crippen molar-refractivity contribution in [3.8, 4) is 0 Å². The van der Waals surface area contributed by atoms with Crippen molar-refractivity contribution in [2.75, 3.05) is 6.54 Å². The number of rotatable bonds is 4. The number of hydrogen-bond donors (Lipinski definition) is 1. The zero-order valence-electron chi connectivity index (χ0n) is 9.70. The maximum Gasteiger partial charge on any atom is 0.123 e. The highest BCUT2D eigenvalue weighted by molar-refractivity contribution is 9.10. The summed E-state index contributed by atoms with van der Waals surface area (Å²) in [5, 5.41) is 0. The summed E-state index contributed by atoms with van der Waals surface area (Å²) in [4.78, 5) is 2.18. The molecule has 2 rings (SSSR count). The molecule has 0 aromatic heterocycles. The predicted molar refractivity (Wildman–Crippen MR) is 77.4 cm³/mol. The zero-order chi connectivity index (χ0) is 13.0. The van der Waals surface area contributed by atoms with Crippen LogP contribution in [0.25, 0.3) is 0 Å². The van der Waals surface area contributed by atoms with Crippen LogP contribution in [0.1, 0.15) is 5.56 Å². The first-order valence-electron chi connectivity index (χ1n) is 5.61. The summed E-state index contributed by atoms with van der Waals surface area (Å²) in [5.74, 6) is -0.212. The van der Waals surface area contributed by atoms with Gasteiger partial charge in [0.15, 0.2) is 0 Å². The van der Waals surface area contributed by atoms with Gasteiger partial charge in [0.05, 0.1) is 0 Å². The van der Waals surface area contributed by atoms with Crippen molar-refractivity contribution in [2.24, 2.45) is 5.73 Å². The quantitative estimate of drug-likeness (QED) is 0.909. The summed E-state index contributed by atoms with van der Waals surface area (Å²) in [5.41, 5.74) is 6.83. The van der Waals surface area contributed by atoms with E-state index in [4.69, 9.17) is 5.73 Å². The molecule has 0 saturated heterocycles. The number of halogens is 2. The van der Waals surface area contributed by atoms with Crippen molar-refractivity contribution in [2.45, 2.75) is 16.2 Å². The standard InChI is InChI=1S/C14H13BrFNS/c15-11-2-1-10(7-8-17)14(9-11)18-13-5-3-12(16)4-6-13/h1-6,9H,7-8,17H2. The normalized spacial score (nSPS) is 10.6. The molecule has 0 radical (unpaired) electrons. The van der Waals surface area contributed by atoms with E-state index in [9.17, 15) is 4.39 Å². The van der Waals surface area contributed by atoms with Gasteiger partial charge in [0.1, 0.15) is 5.82 Å². The van der Waals surface area contributed by atoms with Crippen molar-refractivity contribution in [1.29, 1.82) is 0 Å². The molecule has 0 fully saturated rings. The summed E-state index contributed by atoms with van der Waals surface area (Å²) in [6, 6.07) is 12.7. The summed E-state index contributed by atoms with van der Waals surface area (Å²) in [6.07, 6.45) is 0.844. The molecule has 2 N–H and O–H groups in total. The minimum absolute atomic E-state index is 0.212. The Morgan fingerprint density at radius 2 is 1.83 bits per heavy atom. The van der Waals surface area contributed by atoms with Crippen LogP contribution in [0.2, 0.25) is 0 Å². The third kappa shape index (κ3) is 3.57. The third-order valence-electron chi connectivity index (χ3n) is 2.48. The highest BCUT2D eigenvalue weighted by Crippen LogP contribution is 2.32. The summed E-state index contributed by atoms with van der Waals surface area (Å²) in [7, 11) is 0. The van der Waals surface area contributed by atoms with Crippen LogP contribution in [-0.2, 0) is 6.42 Å². The number of hydrogen-bond acceptors (Lipinski definition) is 2. The van der Waals surface area contributed by atoms with Crippen molar-refractivity contribution in [1.82, 2.24) is 0 Å². The van der Waals surface area contributed by atoms with E-state index in [-0.39, 0.29) is 5.82 Å². The van der Waals surface area contributed by atoms with E-state index < -0.39 is 0 Å². The van der Waals surface area contributed by atoms with Gasteiger partial charge in [-0.15, -0.1) is 0 Å². The predicted octanol–water partition coefficient (Wildman–Crippen LogP) is 4.24. The Hall–Kier alpha value is -0.840. The van der Waals surface area contributed by atoms with Gasteiger partial charge in [-0.05, 0) is 54.9 Å². The van der Waals surface area contributed by atoms with Gasteiger partial charge >= 0.3 is 0 Å². The van der Waals surface area contributed by atoms with Crippen molar-refractivity contribution >= 4 is 27.7 Å². The summed E-state index contributed by atoms with van der Waals surface area (Å²) < 4.78 is 13.9. The van der Waals surface area contributed by atoms with Crippen molar-refractivity contribution in [3.63, 3.8) is 0 Å². The second-order valence-corrected chi connectivity index (χ2v) is 5.88. The molecular formula is C14H13BrFNS. The van der Waals surface area contributed by atoms with Gasteiger partial charge in [0.2, 0.25) is 0 Å². The highest BCUT2D eigenvalue weighted by atomic mass is 79.9.